The quantitative estimate of drug-likeness (QED) is 0.846. The molecule has 112 valence electrons. The SMILES string of the molecule is CCCOc1ccccc1C(N)C1CCC(C)(C)CC1. The van der Waals surface area contributed by atoms with Crippen LogP contribution in [-0.2, 0) is 0 Å². The van der Waals surface area contributed by atoms with Crippen molar-refractivity contribution in [2.45, 2.75) is 58.9 Å². The lowest BCUT2D eigenvalue weighted by Crippen LogP contribution is -2.29. The monoisotopic (exact) mass is 275 g/mol. The Labute approximate surface area is 123 Å². The summed E-state index contributed by atoms with van der Waals surface area (Å²) in [5, 5.41) is 0. The zero-order valence-electron chi connectivity index (χ0n) is 13.2. The molecule has 1 aromatic rings. The first-order chi connectivity index (χ1) is 9.53. The van der Waals surface area contributed by atoms with Crippen molar-refractivity contribution in [1.29, 1.82) is 0 Å². The minimum Gasteiger partial charge on any atom is -0.493 e. The van der Waals surface area contributed by atoms with Crippen LogP contribution in [-0.4, -0.2) is 6.61 Å². The second kappa shape index (κ2) is 6.62. The van der Waals surface area contributed by atoms with E-state index in [0.29, 0.717) is 11.3 Å². The lowest BCUT2D eigenvalue weighted by molar-refractivity contribution is 0.172. The molecule has 0 aliphatic heterocycles. The molecule has 0 amide bonds. The molecule has 2 N–H and O–H groups in total. The summed E-state index contributed by atoms with van der Waals surface area (Å²) in [6, 6.07) is 8.40. The third-order valence-electron chi connectivity index (χ3n) is 4.63. The van der Waals surface area contributed by atoms with Crippen LogP contribution in [0.1, 0.15) is 64.5 Å². The second-order valence-electron chi connectivity index (χ2n) is 6.91. The van der Waals surface area contributed by atoms with Crippen LogP contribution in [0.2, 0.25) is 0 Å². The smallest absolute Gasteiger partial charge is 0.124 e. The molecule has 0 aromatic heterocycles. The largest absolute Gasteiger partial charge is 0.493 e. The first-order valence-electron chi connectivity index (χ1n) is 8.01. The summed E-state index contributed by atoms with van der Waals surface area (Å²) in [4.78, 5) is 0. The molecule has 2 heteroatoms. The minimum atomic E-state index is 0.110. The van der Waals surface area contributed by atoms with Crippen molar-refractivity contribution in [3.05, 3.63) is 29.8 Å². The summed E-state index contributed by atoms with van der Waals surface area (Å²) in [5.74, 6) is 1.57. The van der Waals surface area contributed by atoms with Crippen LogP contribution in [0.5, 0.6) is 5.75 Å². The molecule has 2 nitrogen and oxygen atoms in total. The summed E-state index contributed by atoms with van der Waals surface area (Å²) in [6.07, 6.45) is 6.06. The molecule has 20 heavy (non-hydrogen) atoms. The Hall–Kier alpha value is -1.02. The van der Waals surface area contributed by atoms with Crippen molar-refractivity contribution in [2.75, 3.05) is 6.61 Å². The van der Waals surface area contributed by atoms with E-state index < -0.39 is 0 Å². The van der Waals surface area contributed by atoms with Gasteiger partial charge in [-0.15, -0.1) is 0 Å². The fourth-order valence-corrected chi connectivity index (χ4v) is 3.13. The summed E-state index contributed by atoms with van der Waals surface area (Å²) in [5.41, 5.74) is 8.23. The third kappa shape index (κ3) is 3.76. The Kier molecular flexibility index (Phi) is 5.09. The van der Waals surface area contributed by atoms with Crippen LogP contribution < -0.4 is 10.5 Å². The van der Waals surface area contributed by atoms with Crippen LogP contribution in [0.25, 0.3) is 0 Å². The molecule has 1 saturated carbocycles. The van der Waals surface area contributed by atoms with E-state index in [1.807, 2.05) is 6.07 Å². The molecule has 1 atom stereocenters. The van der Waals surface area contributed by atoms with Gasteiger partial charge in [0.15, 0.2) is 0 Å². The Morgan fingerprint density at radius 2 is 1.90 bits per heavy atom. The number of hydrogen-bond donors (Lipinski definition) is 1. The van der Waals surface area contributed by atoms with Gasteiger partial charge in [0.2, 0.25) is 0 Å². The summed E-state index contributed by atoms with van der Waals surface area (Å²) in [6.45, 7) is 7.63. The normalized spacial score (nSPS) is 20.6. The Morgan fingerprint density at radius 3 is 2.55 bits per heavy atom. The van der Waals surface area contributed by atoms with E-state index in [1.54, 1.807) is 0 Å². The van der Waals surface area contributed by atoms with Crippen LogP contribution in [0.3, 0.4) is 0 Å². The first-order valence-corrected chi connectivity index (χ1v) is 8.01. The van der Waals surface area contributed by atoms with Gasteiger partial charge >= 0.3 is 0 Å². The van der Waals surface area contributed by atoms with Crippen molar-refractivity contribution < 1.29 is 4.74 Å². The molecule has 1 unspecified atom stereocenters. The van der Waals surface area contributed by atoms with Gasteiger partial charge in [0.25, 0.3) is 0 Å². The molecule has 0 spiro atoms. The molecule has 2 rings (SSSR count). The maximum Gasteiger partial charge on any atom is 0.124 e. The van der Waals surface area contributed by atoms with Crippen molar-refractivity contribution >= 4 is 0 Å². The number of benzene rings is 1. The van der Waals surface area contributed by atoms with Gasteiger partial charge in [-0.1, -0.05) is 39.0 Å². The van der Waals surface area contributed by atoms with Crippen molar-refractivity contribution in [2.24, 2.45) is 17.1 Å². The van der Waals surface area contributed by atoms with Crippen LogP contribution >= 0.6 is 0 Å². The first kappa shape index (κ1) is 15.4. The maximum atomic E-state index is 6.55. The molecule has 0 radical (unpaired) electrons. The number of nitrogens with two attached hydrogens (primary N) is 1. The minimum absolute atomic E-state index is 0.110. The molecular formula is C18H29NO. The second-order valence-corrected chi connectivity index (χ2v) is 6.91. The van der Waals surface area contributed by atoms with E-state index in [4.69, 9.17) is 10.5 Å². The van der Waals surface area contributed by atoms with Gasteiger partial charge in [0.05, 0.1) is 6.61 Å². The molecular weight excluding hydrogens is 246 g/mol. The summed E-state index contributed by atoms with van der Waals surface area (Å²) < 4.78 is 5.86. The Morgan fingerprint density at radius 1 is 1.25 bits per heavy atom. The van der Waals surface area contributed by atoms with Gasteiger partial charge in [-0.05, 0) is 49.5 Å². The van der Waals surface area contributed by atoms with Crippen molar-refractivity contribution in [1.82, 2.24) is 0 Å². The fraction of sp³-hybridized carbons (Fsp3) is 0.667. The fourth-order valence-electron chi connectivity index (χ4n) is 3.13. The predicted octanol–water partition coefficient (Wildman–Crippen LogP) is 4.69. The van der Waals surface area contributed by atoms with Crippen molar-refractivity contribution in [3.63, 3.8) is 0 Å². The van der Waals surface area contributed by atoms with Gasteiger partial charge in [0.1, 0.15) is 5.75 Å². The van der Waals surface area contributed by atoms with Gasteiger partial charge in [-0.3, -0.25) is 0 Å². The van der Waals surface area contributed by atoms with Crippen LogP contribution in [0.4, 0.5) is 0 Å². The lowest BCUT2D eigenvalue weighted by atomic mass is 9.70. The van der Waals surface area contributed by atoms with E-state index in [9.17, 15) is 0 Å². The third-order valence-corrected chi connectivity index (χ3v) is 4.63. The van der Waals surface area contributed by atoms with Gasteiger partial charge in [-0.2, -0.15) is 0 Å². The highest BCUT2D eigenvalue weighted by Gasteiger charge is 2.31. The highest BCUT2D eigenvalue weighted by Crippen LogP contribution is 2.43. The van der Waals surface area contributed by atoms with Crippen molar-refractivity contribution in [3.8, 4) is 5.75 Å². The van der Waals surface area contributed by atoms with E-state index in [1.165, 1.54) is 31.2 Å². The number of para-hydroxylation sites is 1. The number of ether oxygens (including phenoxy) is 1. The highest BCUT2D eigenvalue weighted by molar-refractivity contribution is 5.36. The predicted molar refractivity (Wildman–Crippen MR) is 84.9 cm³/mol. The molecule has 1 aromatic carbocycles. The maximum absolute atomic E-state index is 6.55. The Bertz CT molecular complexity index is 417. The van der Waals surface area contributed by atoms with Gasteiger partial charge in [0, 0.05) is 11.6 Å². The highest BCUT2D eigenvalue weighted by atomic mass is 16.5. The average molecular weight is 275 g/mol. The lowest BCUT2D eigenvalue weighted by Gasteiger charge is -2.37. The van der Waals surface area contributed by atoms with Crippen LogP contribution in [0.15, 0.2) is 24.3 Å². The summed E-state index contributed by atoms with van der Waals surface area (Å²) >= 11 is 0. The number of hydrogen-bond acceptors (Lipinski definition) is 2. The topological polar surface area (TPSA) is 35.2 Å². The van der Waals surface area contributed by atoms with E-state index in [-0.39, 0.29) is 6.04 Å². The van der Waals surface area contributed by atoms with E-state index in [2.05, 4.69) is 39.0 Å². The summed E-state index contributed by atoms with van der Waals surface area (Å²) in [7, 11) is 0. The van der Waals surface area contributed by atoms with Gasteiger partial charge < -0.3 is 10.5 Å². The molecule has 1 fully saturated rings. The standard InChI is InChI=1S/C18H29NO/c1-4-13-20-16-8-6-5-7-15(16)17(19)14-9-11-18(2,3)12-10-14/h5-8,14,17H,4,9-13,19H2,1-3H3. The molecule has 0 bridgehead atoms. The molecule has 1 aliphatic carbocycles. The number of rotatable bonds is 5. The molecule has 1 aliphatic rings. The van der Waals surface area contributed by atoms with Crippen LogP contribution in [0, 0.1) is 11.3 Å². The zero-order valence-corrected chi connectivity index (χ0v) is 13.2. The molecule has 0 heterocycles. The van der Waals surface area contributed by atoms with E-state index in [0.717, 1.165) is 18.8 Å². The van der Waals surface area contributed by atoms with Gasteiger partial charge in [-0.25, -0.2) is 0 Å². The van der Waals surface area contributed by atoms with E-state index >= 15 is 0 Å². The average Bonchev–Trinajstić information content (AvgIpc) is 2.45. The zero-order chi connectivity index (χ0) is 14.6. The molecule has 0 saturated heterocycles. The Balaban J connectivity index is 2.07.